The number of hydrogen-bond donors (Lipinski definition) is 1. The summed E-state index contributed by atoms with van der Waals surface area (Å²) in [5, 5.41) is 18.0. The first-order chi connectivity index (χ1) is 16.1. The third-order valence-corrected chi connectivity index (χ3v) is 6.62. The number of nitrogens with zero attached hydrogens (tertiary/aromatic N) is 3. The van der Waals surface area contributed by atoms with Crippen molar-refractivity contribution in [3.63, 3.8) is 0 Å². The zero-order valence-electron chi connectivity index (χ0n) is 19.4. The molecule has 0 saturated carbocycles. The van der Waals surface area contributed by atoms with E-state index in [-0.39, 0.29) is 43.5 Å². The van der Waals surface area contributed by atoms with E-state index >= 15 is 0 Å². The minimum absolute atomic E-state index is 0.0685. The van der Waals surface area contributed by atoms with Gasteiger partial charge in [-0.25, -0.2) is 0 Å². The summed E-state index contributed by atoms with van der Waals surface area (Å²) >= 11 is 0. The Morgan fingerprint density at radius 3 is 2.06 bits per heavy atom. The van der Waals surface area contributed by atoms with Crippen LogP contribution in [0.2, 0.25) is 0 Å². The SMILES string of the molecule is CC(=O)N(C)[C@]1(C(C)=O)CN(C(=O)Cc2ccc(CC(=O)O)cc2)CC1c1ccc(C#N)cc1. The lowest BCUT2D eigenvalue weighted by Gasteiger charge is -2.40. The molecule has 1 fully saturated rings. The van der Waals surface area contributed by atoms with Crippen molar-refractivity contribution < 1.29 is 24.3 Å². The van der Waals surface area contributed by atoms with Gasteiger partial charge in [-0.2, -0.15) is 5.26 Å². The van der Waals surface area contributed by atoms with Gasteiger partial charge in [0.1, 0.15) is 5.54 Å². The number of amides is 2. The Morgan fingerprint density at radius 1 is 1.03 bits per heavy atom. The average Bonchev–Trinajstić information content (AvgIpc) is 3.21. The summed E-state index contributed by atoms with van der Waals surface area (Å²) in [6.07, 6.45) is -0.00362. The fourth-order valence-corrected chi connectivity index (χ4v) is 4.65. The van der Waals surface area contributed by atoms with Gasteiger partial charge in [0.15, 0.2) is 5.78 Å². The Hall–Kier alpha value is -3.99. The van der Waals surface area contributed by atoms with E-state index in [2.05, 4.69) is 6.07 Å². The normalized spacial score (nSPS) is 19.4. The molecule has 0 bridgehead atoms. The molecule has 1 aliphatic rings. The zero-order chi connectivity index (χ0) is 25.0. The highest BCUT2D eigenvalue weighted by Crippen LogP contribution is 2.41. The van der Waals surface area contributed by atoms with Crippen molar-refractivity contribution in [3.05, 3.63) is 70.8 Å². The molecule has 176 valence electrons. The number of carboxylic acid groups (broad SMARTS) is 1. The van der Waals surface area contributed by atoms with Crippen LogP contribution in [0.4, 0.5) is 0 Å². The molecule has 1 aliphatic heterocycles. The summed E-state index contributed by atoms with van der Waals surface area (Å²) in [6.45, 7) is 3.15. The van der Waals surface area contributed by atoms with Crippen LogP contribution in [-0.4, -0.2) is 64.1 Å². The van der Waals surface area contributed by atoms with Gasteiger partial charge in [-0.05, 0) is 35.7 Å². The maximum absolute atomic E-state index is 13.2. The van der Waals surface area contributed by atoms with Gasteiger partial charge in [-0.15, -0.1) is 0 Å². The Labute approximate surface area is 198 Å². The van der Waals surface area contributed by atoms with Crippen LogP contribution in [-0.2, 0) is 32.0 Å². The van der Waals surface area contributed by atoms with E-state index in [1.807, 2.05) is 0 Å². The first-order valence-corrected chi connectivity index (χ1v) is 10.9. The van der Waals surface area contributed by atoms with Crippen LogP contribution >= 0.6 is 0 Å². The van der Waals surface area contributed by atoms with Crippen molar-refractivity contribution in [3.8, 4) is 6.07 Å². The van der Waals surface area contributed by atoms with Gasteiger partial charge in [-0.3, -0.25) is 19.2 Å². The largest absolute Gasteiger partial charge is 0.481 e. The maximum Gasteiger partial charge on any atom is 0.307 e. The van der Waals surface area contributed by atoms with Crippen LogP contribution in [0.3, 0.4) is 0 Å². The lowest BCUT2D eigenvalue weighted by molar-refractivity contribution is -0.143. The van der Waals surface area contributed by atoms with Gasteiger partial charge >= 0.3 is 5.97 Å². The number of nitriles is 1. The third-order valence-electron chi connectivity index (χ3n) is 6.62. The van der Waals surface area contributed by atoms with E-state index < -0.39 is 17.4 Å². The highest BCUT2D eigenvalue weighted by atomic mass is 16.4. The maximum atomic E-state index is 13.2. The minimum Gasteiger partial charge on any atom is -0.481 e. The third kappa shape index (κ3) is 4.84. The molecule has 8 heteroatoms. The molecule has 1 unspecified atom stereocenters. The lowest BCUT2D eigenvalue weighted by Crippen LogP contribution is -2.58. The van der Waals surface area contributed by atoms with E-state index in [0.717, 1.165) is 11.1 Å². The summed E-state index contributed by atoms with van der Waals surface area (Å²) in [6, 6.07) is 15.8. The number of carboxylic acids is 1. The molecule has 2 aromatic rings. The highest BCUT2D eigenvalue weighted by molar-refractivity contribution is 5.94. The van der Waals surface area contributed by atoms with Crippen molar-refractivity contribution in [2.24, 2.45) is 0 Å². The van der Waals surface area contributed by atoms with Crippen molar-refractivity contribution in [2.45, 2.75) is 38.1 Å². The van der Waals surface area contributed by atoms with Gasteiger partial charge < -0.3 is 14.9 Å². The Bertz CT molecular complexity index is 1150. The summed E-state index contributed by atoms with van der Waals surface area (Å²) in [7, 11) is 1.58. The number of aliphatic carboxylic acids is 1. The van der Waals surface area contributed by atoms with Crippen LogP contribution in [0.1, 0.15) is 42.0 Å². The molecule has 0 aromatic heterocycles. The number of hydrogen-bond acceptors (Lipinski definition) is 5. The van der Waals surface area contributed by atoms with E-state index in [4.69, 9.17) is 10.4 Å². The van der Waals surface area contributed by atoms with Gasteiger partial charge in [0.05, 0.1) is 31.0 Å². The summed E-state index contributed by atoms with van der Waals surface area (Å²) < 4.78 is 0. The second-order valence-electron chi connectivity index (χ2n) is 8.68. The van der Waals surface area contributed by atoms with Gasteiger partial charge in [0, 0.05) is 26.4 Å². The number of ketones is 1. The van der Waals surface area contributed by atoms with Crippen molar-refractivity contribution in [1.29, 1.82) is 5.26 Å². The number of likely N-dealkylation sites (tertiary alicyclic amines) is 1. The topological polar surface area (TPSA) is 119 Å². The number of carbonyl (C=O) groups is 4. The lowest BCUT2D eigenvalue weighted by atomic mass is 9.77. The zero-order valence-corrected chi connectivity index (χ0v) is 19.4. The fraction of sp³-hybridized carbons (Fsp3) is 0.346. The van der Waals surface area contributed by atoms with Crippen LogP contribution in [0, 0.1) is 11.3 Å². The molecule has 1 saturated heterocycles. The number of carbonyl (C=O) groups excluding carboxylic acids is 3. The summed E-state index contributed by atoms with van der Waals surface area (Å²) in [5.41, 5.74) is 1.41. The summed E-state index contributed by atoms with van der Waals surface area (Å²) in [5.74, 6) is -2.06. The molecule has 0 spiro atoms. The predicted molar refractivity (Wildman–Crippen MR) is 124 cm³/mol. The van der Waals surface area contributed by atoms with E-state index in [1.54, 1.807) is 60.5 Å². The Balaban J connectivity index is 1.91. The van der Waals surface area contributed by atoms with Crippen molar-refractivity contribution in [2.75, 3.05) is 20.1 Å². The predicted octanol–water partition coefficient (Wildman–Crippen LogP) is 2.16. The highest BCUT2D eigenvalue weighted by Gasteiger charge is 2.55. The fourth-order valence-electron chi connectivity index (χ4n) is 4.65. The Kier molecular flexibility index (Phi) is 7.16. The van der Waals surface area contributed by atoms with Crippen LogP contribution < -0.4 is 0 Å². The molecule has 0 radical (unpaired) electrons. The molecule has 2 aromatic carbocycles. The molecule has 1 heterocycles. The van der Waals surface area contributed by atoms with E-state index in [0.29, 0.717) is 11.1 Å². The van der Waals surface area contributed by atoms with Crippen LogP contribution in [0.25, 0.3) is 0 Å². The number of likely N-dealkylation sites (N-methyl/N-ethyl adjacent to an activating group) is 1. The second kappa shape index (κ2) is 9.87. The molecular formula is C26H27N3O5. The average molecular weight is 462 g/mol. The second-order valence-corrected chi connectivity index (χ2v) is 8.68. The standard InChI is InChI=1S/C26H27N3O5/c1-17(30)26(28(3)18(2)31)16-29(15-23(26)22-10-8-21(14-27)9-11-22)24(32)12-19-4-6-20(7-5-19)13-25(33)34/h4-11,23H,12-13,15-16H2,1-3H3,(H,33,34)/t23?,26-/m0/s1. The minimum atomic E-state index is -1.22. The van der Waals surface area contributed by atoms with Gasteiger partial charge in [0.2, 0.25) is 11.8 Å². The number of benzene rings is 2. The first-order valence-electron chi connectivity index (χ1n) is 10.9. The molecule has 2 atom stereocenters. The number of Topliss-reactive ketones (excluding diaryl/α,β-unsaturated/α-hetero) is 1. The Morgan fingerprint density at radius 2 is 1.59 bits per heavy atom. The van der Waals surface area contributed by atoms with Crippen molar-refractivity contribution in [1.82, 2.24) is 9.80 Å². The summed E-state index contributed by atoms with van der Waals surface area (Å²) in [4.78, 5) is 52.6. The van der Waals surface area contributed by atoms with Gasteiger partial charge in [0.25, 0.3) is 0 Å². The monoisotopic (exact) mass is 461 g/mol. The molecule has 8 nitrogen and oxygen atoms in total. The molecular weight excluding hydrogens is 434 g/mol. The van der Waals surface area contributed by atoms with Crippen LogP contribution in [0.15, 0.2) is 48.5 Å². The van der Waals surface area contributed by atoms with E-state index in [1.165, 1.54) is 18.7 Å². The first kappa shape index (κ1) is 24.6. The molecule has 3 rings (SSSR count). The van der Waals surface area contributed by atoms with E-state index in [9.17, 15) is 19.2 Å². The smallest absolute Gasteiger partial charge is 0.307 e. The number of rotatable bonds is 7. The molecule has 0 aliphatic carbocycles. The quantitative estimate of drug-likeness (QED) is 0.675. The van der Waals surface area contributed by atoms with Crippen molar-refractivity contribution >= 4 is 23.6 Å². The molecule has 2 amide bonds. The van der Waals surface area contributed by atoms with Crippen LogP contribution in [0.5, 0.6) is 0 Å². The van der Waals surface area contributed by atoms with Gasteiger partial charge in [-0.1, -0.05) is 36.4 Å². The molecule has 1 N–H and O–H groups in total. The molecule has 34 heavy (non-hydrogen) atoms.